The fourth-order valence-electron chi connectivity index (χ4n) is 5.54. The van der Waals surface area contributed by atoms with Gasteiger partial charge in [-0.05, 0) is 36.2 Å². The molecule has 1 aliphatic heterocycles. The van der Waals surface area contributed by atoms with Crippen molar-refractivity contribution in [1.29, 1.82) is 0 Å². The van der Waals surface area contributed by atoms with Gasteiger partial charge in [0.2, 0.25) is 0 Å². The normalized spacial score (nSPS) is 21.8. The molecule has 2 aliphatic rings. The number of rotatable bonds is 7. The van der Waals surface area contributed by atoms with E-state index in [2.05, 4.69) is 40.7 Å². The van der Waals surface area contributed by atoms with Gasteiger partial charge in [-0.3, -0.25) is 4.79 Å². The predicted molar refractivity (Wildman–Crippen MR) is 114 cm³/mol. The van der Waals surface area contributed by atoms with Gasteiger partial charge in [0, 0.05) is 5.56 Å². The quantitative estimate of drug-likeness (QED) is 0.698. The first-order valence-electron chi connectivity index (χ1n) is 11.0. The average Bonchev–Trinajstić information content (AvgIpc) is 3.35. The highest BCUT2D eigenvalue weighted by Crippen LogP contribution is 2.46. The zero-order valence-corrected chi connectivity index (χ0v) is 17.6. The summed E-state index contributed by atoms with van der Waals surface area (Å²) in [6.45, 7) is 2.10. The zero-order valence-electron chi connectivity index (χ0n) is 17.6. The summed E-state index contributed by atoms with van der Waals surface area (Å²) in [7, 11) is 1.42. The van der Waals surface area contributed by atoms with Gasteiger partial charge in [0.25, 0.3) is 0 Å². The Morgan fingerprint density at radius 2 is 2.03 bits per heavy atom. The number of hydrogen-bond acceptors (Lipinski definition) is 4. The van der Waals surface area contributed by atoms with Crippen LogP contribution in [-0.2, 0) is 9.53 Å². The maximum Gasteiger partial charge on any atom is 0.322 e. The number of nitrogens with zero attached hydrogens (tertiary/aromatic N) is 2. The van der Waals surface area contributed by atoms with E-state index < -0.39 is 6.04 Å². The van der Waals surface area contributed by atoms with Crippen molar-refractivity contribution in [3.63, 3.8) is 0 Å². The molecule has 29 heavy (non-hydrogen) atoms. The largest absolute Gasteiger partial charge is 0.468 e. The van der Waals surface area contributed by atoms with Crippen LogP contribution < -0.4 is 5.73 Å². The number of esters is 1. The van der Waals surface area contributed by atoms with E-state index in [1.165, 1.54) is 56.0 Å². The van der Waals surface area contributed by atoms with Gasteiger partial charge in [-0.15, -0.1) is 0 Å². The van der Waals surface area contributed by atoms with Crippen LogP contribution in [0.25, 0.3) is 11.3 Å². The van der Waals surface area contributed by atoms with Gasteiger partial charge in [0.1, 0.15) is 6.04 Å². The number of carbonyl (C=O) groups is 1. The minimum atomic E-state index is -0.550. The second kappa shape index (κ2) is 8.70. The highest BCUT2D eigenvalue weighted by molar-refractivity contribution is 5.75. The number of imidazole rings is 1. The van der Waals surface area contributed by atoms with Crippen molar-refractivity contribution in [2.75, 3.05) is 7.11 Å². The average molecular weight is 396 g/mol. The Labute approximate surface area is 173 Å². The Bertz CT molecular complexity index is 840. The Kier molecular flexibility index (Phi) is 6.04. The smallest absolute Gasteiger partial charge is 0.322 e. The Morgan fingerprint density at radius 1 is 1.28 bits per heavy atom. The zero-order chi connectivity index (χ0) is 20.4. The van der Waals surface area contributed by atoms with E-state index in [0.717, 1.165) is 12.8 Å². The number of methoxy groups -OCH3 is 1. The molecule has 4 atom stereocenters. The molecule has 4 rings (SSSR count). The van der Waals surface area contributed by atoms with Crippen LogP contribution in [0.15, 0.2) is 36.8 Å². The van der Waals surface area contributed by atoms with E-state index in [9.17, 15) is 4.79 Å². The van der Waals surface area contributed by atoms with Gasteiger partial charge in [0.05, 0.1) is 31.4 Å². The second-order valence-corrected chi connectivity index (χ2v) is 8.95. The number of benzene rings is 1. The van der Waals surface area contributed by atoms with Gasteiger partial charge in [-0.1, -0.05) is 63.3 Å². The molecule has 0 bridgehead atoms. The van der Waals surface area contributed by atoms with Crippen molar-refractivity contribution < 1.29 is 9.53 Å². The lowest BCUT2D eigenvalue weighted by atomic mass is 9.72. The van der Waals surface area contributed by atoms with Crippen molar-refractivity contribution in [2.24, 2.45) is 23.5 Å². The van der Waals surface area contributed by atoms with Crippen molar-refractivity contribution in [2.45, 2.75) is 64.0 Å². The summed E-state index contributed by atoms with van der Waals surface area (Å²) in [5, 5.41) is 0. The molecule has 5 heteroatoms. The fourth-order valence-corrected chi connectivity index (χ4v) is 5.54. The van der Waals surface area contributed by atoms with Gasteiger partial charge >= 0.3 is 5.97 Å². The Balaban J connectivity index is 1.58. The van der Waals surface area contributed by atoms with Gasteiger partial charge in [-0.2, -0.15) is 0 Å². The number of aromatic nitrogens is 2. The molecule has 2 heterocycles. The Hall–Kier alpha value is -2.14. The molecule has 1 aliphatic carbocycles. The standard InChI is InChI=1S/C24H33N3O2/c1-16(23(25)24(28)29-2)12-18(17-8-4-3-5-9-17)13-21-19-10-6-7-11-20(19)22-14-26-15-27(21)22/h6-7,10-11,14-18,21,23H,3-5,8-9,12-13,25H2,1-2H3. The molecular formula is C24H33N3O2. The molecule has 1 saturated carbocycles. The van der Waals surface area contributed by atoms with Crippen LogP contribution in [0, 0.1) is 17.8 Å². The fraction of sp³-hybridized carbons (Fsp3) is 0.583. The van der Waals surface area contributed by atoms with Gasteiger partial charge in [-0.25, -0.2) is 4.98 Å². The molecule has 2 N–H and O–H groups in total. The third kappa shape index (κ3) is 3.97. The van der Waals surface area contributed by atoms with Crippen LogP contribution in [0.5, 0.6) is 0 Å². The highest BCUT2D eigenvalue weighted by Gasteiger charge is 2.35. The molecule has 1 aromatic heterocycles. The minimum Gasteiger partial charge on any atom is -0.468 e. The first kappa shape index (κ1) is 20.1. The Morgan fingerprint density at radius 3 is 2.79 bits per heavy atom. The van der Waals surface area contributed by atoms with Crippen LogP contribution >= 0.6 is 0 Å². The molecule has 156 valence electrons. The number of nitrogens with two attached hydrogens (primary N) is 1. The van der Waals surface area contributed by atoms with Crippen LogP contribution in [-0.4, -0.2) is 28.7 Å². The maximum atomic E-state index is 12.0. The van der Waals surface area contributed by atoms with E-state index in [-0.39, 0.29) is 11.9 Å². The highest BCUT2D eigenvalue weighted by atomic mass is 16.5. The van der Waals surface area contributed by atoms with Crippen molar-refractivity contribution in [3.8, 4) is 11.3 Å². The number of carbonyl (C=O) groups excluding carboxylic acids is 1. The minimum absolute atomic E-state index is 0.105. The molecular weight excluding hydrogens is 362 g/mol. The summed E-state index contributed by atoms with van der Waals surface area (Å²) in [6, 6.07) is 8.47. The van der Waals surface area contributed by atoms with Crippen LogP contribution in [0.1, 0.15) is 63.5 Å². The monoisotopic (exact) mass is 395 g/mol. The summed E-state index contributed by atoms with van der Waals surface area (Å²) in [4.78, 5) is 16.4. The van der Waals surface area contributed by atoms with E-state index in [1.54, 1.807) is 0 Å². The molecule has 0 amide bonds. The molecule has 1 fully saturated rings. The summed E-state index contributed by atoms with van der Waals surface area (Å²) in [5.74, 6) is 1.04. The van der Waals surface area contributed by atoms with E-state index in [4.69, 9.17) is 10.5 Å². The van der Waals surface area contributed by atoms with Gasteiger partial charge in [0.15, 0.2) is 0 Å². The number of ether oxygens (including phenoxy) is 1. The predicted octanol–water partition coefficient (Wildman–Crippen LogP) is 4.57. The number of hydrogen-bond donors (Lipinski definition) is 1. The molecule has 4 unspecified atom stereocenters. The van der Waals surface area contributed by atoms with Gasteiger partial charge < -0.3 is 15.0 Å². The lowest BCUT2D eigenvalue weighted by Gasteiger charge is -2.35. The van der Waals surface area contributed by atoms with Crippen molar-refractivity contribution >= 4 is 5.97 Å². The SMILES string of the molecule is COC(=O)C(N)C(C)CC(CC1c2ccccc2-c2cncn21)C1CCCCC1. The van der Waals surface area contributed by atoms with Crippen LogP contribution in [0.4, 0.5) is 0 Å². The van der Waals surface area contributed by atoms with Crippen molar-refractivity contribution in [3.05, 3.63) is 42.4 Å². The summed E-state index contributed by atoms with van der Waals surface area (Å²) in [6.07, 6.45) is 12.5. The molecule has 2 aromatic rings. The van der Waals surface area contributed by atoms with Crippen molar-refractivity contribution in [1.82, 2.24) is 9.55 Å². The third-order valence-electron chi connectivity index (χ3n) is 7.20. The lowest BCUT2D eigenvalue weighted by molar-refractivity contribution is -0.143. The number of fused-ring (bicyclic) bond motifs is 3. The topological polar surface area (TPSA) is 70.1 Å². The summed E-state index contributed by atoms with van der Waals surface area (Å²) in [5.41, 5.74) is 10.1. The molecule has 0 saturated heterocycles. The first-order chi connectivity index (χ1) is 14.1. The third-order valence-corrected chi connectivity index (χ3v) is 7.20. The summed E-state index contributed by atoms with van der Waals surface area (Å²) >= 11 is 0. The first-order valence-corrected chi connectivity index (χ1v) is 11.0. The van der Waals surface area contributed by atoms with Crippen LogP contribution in [0.3, 0.4) is 0 Å². The maximum absolute atomic E-state index is 12.0. The second-order valence-electron chi connectivity index (χ2n) is 8.95. The molecule has 1 aromatic carbocycles. The van der Waals surface area contributed by atoms with E-state index >= 15 is 0 Å². The summed E-state index contributed by atoms with van der Waals surface area (Å²) < 4.78 is 7.24. The lowest BCUT2D eigenvalue weighted by Crippen LogP contribution is -2.39. The van der Waals surface area contributed by atoms with Crippen LogP contribution in [0.2, 0.25) is 0 Å². The molecule has 0 radical (unpaired) electrons. The van der Waals surface area contributed by atoms with E-state index in [1.807, 2.05) is 12.5 Å². The van der Waals surface area contributed by atoms with E-state index in [0.29, 0.717) is 17.9 Å². The molecule has 0 spiro atoms. The molecule has 5 nitrogen and oxygen atoms in total.